The molecule has 2 N–H and O–H groups in total. The zero-order valence-electron chi connectivity index (χ0n) is 10.2. The Hall–Kier alpha value is -1.36. The Morgan fingerprint density at radius 1 is 1.50 bits per heavy atom. The molecule has 0 aliphatic carbocycles. The highest BCUT2D eigenvalue weighted by molar-refractivity contribution is 5.77. The first kappa shape index (κ1) is 12.7. The van der Waals surface area contributed by atoms with E-state index in [0.717, 1.165) is 18.7 Å². The van der Waals surface area contributed by atoms with E-state index in [1.165, 1.54) is 0 Å². The fraction of sp³-hybridized carbons (Fsp3) is 0.636. The van der Waals surface area contributed by atoms with Crippen molar-refractivity contribution in [1.82, 2.24) is 20.4 Å². The number of hydrogen-bond acceptors (Lipinski definition) is 3. The average Bonchev–Trinajstić information content (AvgIpc) is 2.63. The van der Waals surface area contributed by atoms with E-state index in [2.05, 4.69) is 15.7 Å². The largest absolute Gasteiger partial charge is 0.355 e. The van der Waals surface area contributed by atoms with Crippen LogP contribution in [0, 0.1) is 5.92 Å². The Kier molecular flexibility index (Phi) is 4.98. The summed E-state index contributed by atoms with van der Waals surface area (Å²) in [6, 6.07) is 0. The maximum atomic E-state index is 11.2. The molecule has 0 fully saturated rings. The number of nitrogens with one attached hydrogen (secondary N) is 2. The summed E-state index contributed by atoms with van der Waals surface area (Å²) in [6.07, 6.45) is 3.80. The van der Waals surface area contributed by atoms with Crippen molar-refractivity contribution >= 4 is 5.91 Å². The fourth-order valence-corrected chi connectivity index (χ4v) is 1.27. The maximum Gasteiger partial charge on any atom is 0.222 e. The van der Waals surface area contributed by atoms with E-state index in [4.69, 9.17) is 0 Å². The Morgan fingerprint density at radius 3 is 2.81 bits per heavy atom. The molecule has 1 amide bonds. The molecule has 1 aromatic rings. The summed E-state index contributed by atoms with van der Waals surface area (Å²) in [5.74, 6) is 0.154. The highest BCUT2D eigenvalue weighted by Crippen LogP contribution is 1.94. The summed E-state index contributed by atoms with van der Waals surface area (Å²) >= 11 is 0. The summed E-state index contributed by atoms with van der Waals surface area (Å²) in [6.45, 7) is 5.99. The number of amides is 1. The monoisotopic (exact) mass is 224 g/mol. The van der Waals surface area contributed by atoms with Crippen molar-refractivity contribution in [3.8, 4) is 0 Å². The third-order valence-electron chi connectivity index (χ3n) is 2.21. The van der Waals surface area contributed by atoms with Crippen molar-refractivity contribution in [1.29, 1.82) is 0 Å². The normalized spacial score (nSPS) is 10.8. The minimum Gasteiger partial charge on any atom is -0.355 e. The molecule has 0 saturated carbocycles. The van der Waals surface area contributed by atoms with Gasteiger partial charge >= 0.3 is 0 Å². The first-order valence-corrected chi connectivity index (χ1v) is 5.55. The smallest absolute Gasteiger partial charge is 0.222 e. The second-order valence-corrected chi connectivity index (χ2v) is 4.14. The van der Waals surface area contributed by atoms with E-state index in [1.54, 1.807) is 4.68 Å². The van der Waals surface area contributed by atoms with Crippen molar-refractivity contribution < 1.29 is 4.79 Å². The molecule has 0 aromatic carbocycles. The van der Waals surface area contributed by atoms with Crippen LogP contribution in [0.4, 0.5) is 0 Å². The van der Waals surface area contributed by atoms with Crippen LogP contribution in [0.3, 0.4) is 0 Å². The molecule has 0 saturated heterocycles. The van der Waals surface area contributed by atoms with Gasteiger partial charge in [-0.2, -0.15) is 5.10 Å². The molecule has 0 aliphatic heterocycles. The molecule has 0 atom stereocenters. The lowest BCUT2D eigenvalue weighted by molar-refractivity contribution is -0.123. The van der Waals surface area contributed by atoms with E-state index < -0.39 is 0 Å². The molecule has 16 heavy (non-hydrogen) atoms. The SMILES string of the molecule is CC(C)C(=O)NCCNCc1cnn(C)c1. The lowest BCUT2D eigenvalue weighted by Crippen LogP contribution is -2.34. The van der Waals surface area contributed by atoms with Crippen LogP contribution in [-0.2, 0) is 18.4 Å². The van der Waals surface area contributed by atoms with Crippen LogP contribution >= 0.6 is 0 Å². The van der Waals surface area contributed by atoms with Gasteiger partial charge in [0.05, 0.1) is 6.20 Å². The molecule has 0 spiro atoms. The molecule has 90 valence electrons. The van der Waals surface area contributed by atoms with Crippen LogP contribution in [0.25, 0.3) is 0 Å². The minimum atomic E-state index is 0.0540. The Balaban J connectivity index is 2.06. The maximum absolute atomic E-state index is 11.2. The fourth-order valence-electron chi connectivity index (χ4n) is 1.27. The first-order valence-electron chi connectivity index (χ1n) is 5.55. The molecule has 1 aromatic heterocycles. The van der Waals surface area contributed by atoms with Crippen molar-refractivity contribution in [3.05, 3.63) is 18.0 Å². The van der Waals surface area contributed by atoms with Gasteiger partial charge in [-0.1, -0.05) is 13.8 Å². The predicted octanol–water partition coefficient (Wildman–Crippen LogP) is 0.282. The van der Waals surface area contributed by atoms with Crippen LogP contribution in [-0.4, -0.2) is 28.8 Å². The van der Waals surface area contributed by atoms with Gasteiger partial charge in [0.1, 0.15) is 0 Å². The Morgan fingerprint density at radius 2 is 2.25 bits per heavy atom. The molecule has 1 rings (SSSR count). The first-order chi connectivity index (χ1) is 7.59. The lowest BCUT2D eigenvalue weighted by atomic mass is 10.2. The number of carbonyl (C=O) groups excluding carboxylic acids is 1. The third-order valence-corrected chi connectivity index (χ3v) is 2.21. The summed E-state index contributed by atoms with van der Waals surface area (Å²) in [5.41, 5.74) is 1.15. The Bertz CT molecular complexity index is 332. The zero-order valence-corrected chi connectivity index (χ0v) is 10.2. The highest BCUT2D eigenvalue weighted by atomic mass is 16.1. The van der Waals surface area contributed by atoms with Gasteiger partial charge in [-0.3, -0.25) is 9.48 Å². The second-order valence-electron chi connectivity index (χ2n) is 4.14. The van der Waals surface area contributed by atoms with Gasteiger partial charge < -0.3 is 10.6 Å². The third kappa shape index (κ3) is 4.44. The summed E-state index contributed by atoms with van der Waals surface area (Å²) in [7, 11) is 1.90. The van der Waals surface area contributed by atoms with Gasteiger partial charge in [0.25, 0.3) is 0 Å². The molecule has 5 heteroatoms. The van der Waals surface area contributed by atoms with E-state index in [9.17, 15) is 4.79 Å². The van der Waals surface area contributed by atoms with Crippen LogP contribution in [0.1, 0.15) is 19.4 Å². The van der Waals surface area contributed by atoms with Gasteiger partial charge in [0.2, 0.25) is 5.91 Å². The number of hydrogen-bond donors (Lipinski definition) is 2. The molecular formula is C11H20N4O. The van der Waals surface area contributed by atoms with Gasteiger partial charge in [0, 0.05) is 44.4 Å². The number of aryl methyl sites for hydroxylation is 1. The second kappa shape index (κ2) is 6.27. The summed E-state index contributed by atoms with van der Waals surface area (Å²) < 4.78 is 1.78. The number of carbonyl (C=O) groups is 1. The molecular weight excluding hydrogens is 204 g/mol. The molecule has 1 heterocycles. The highest BCUT2D eigenvalue weighted by Gasteiger charge is 2.04. The summed E-state index contributed by atoms with van der Waals surface area (Å²) in [4.78, 5) is 11.2. The van der Waals surface area contributed by atoms with Crippen LogP contribution in [0.2, 0.25) is 0 Å². The molecule has 0 radical (unpaired) electrons. The van der Waals surface area contributed by atoms with Crippen LogP contribution < -0.4 is 10.6 Å². The van der Waals surface area contributed by atoms with E-state index >= 15 is 0 Å². The van der Waals surface area contributed by atoms with Crippen molar-refractivity contribution in [2.24, 2.45) is 13.0 Å². The quantitative estimate of drug-likeness (QED) is 0.682. The van der Waals surface area contributed by atoms with Crippen LogP contribution in [0.15, 0.2) is 12.4 Å². The van der Waals surface area contributed by atoms with E-state index in [-0.39, 0.29) is 11.8 Å². The number of aromatic nitrogens is 2. The topological polar surface area (TPSA) is 59.0 Å². The van der Waals surface area contributed by atoms with Gasteiger partial charge in [0.15, 0.2) is 0 Å². The van der Waals surface area contributed by atoms with E-state index in [0.29, 0.717) is 6.54 Å². The zero-order chi connectivity index (χ0) is 12.0. The molecule has 0 bridgehead atoms. The molecule has 0 unspecified atom stereocenters. The van der Waals surface area contributed by atoms with E-state index in [1.807, 2.05) is 33.3 Å². The van der Waals surface area contributed by atoms with Gasteiger partial charge in [-0.25, -0.2) is 0 Å². The number of nitrogens with zero attached hydrogens (tertiary/aromatic N) is 2. The standard InChI is InChI=1S/C11H20N4O/c1-9(2)11(16)13-5-4-12-6-10-7-14-15(3)8-10/h7-9,12H,4-6H2,1-3H3,(H,13,16). The molecule has 5 nitrogen and oxygen atoms in total. The van der Waals surface area contributed by atoms with Crippen molar-refractivity contribution in [3.63, 3.8) is 0 Å². The number of rotatable bonds is 6. The average molecular weight is 224 g/mol. The lowest BCUT2D eigenvalue weighted by Gasteiger charge is -2.07. The summed E-state index contributed by atoms with van der Waals surface area (Å²) in [5, 5.41) is 10.2. The van der Waals surface area contributed by atoms with Gasteiger partial charge in [-0.15, -0.1) is 0 Å². The molecule has 0 aliphatic rings. The van der Waals surface area contributed by atoms with Gasteiger partial charge in [-0.05, 0) is 0 Å². The van der Waals surface area contributed by atoms with Crippen LogP contribution in [0.5, 0.6) is 0 Å². The van der Waals surface area contributed by atoms with Crippen molar-refractivity contribution in [2.75, 3.05) is 13.1 Å². The predicted molar refractivity (Wildman–Crippen MR) is 62.8 cm³/mol. The minimum absolute atomic E-state index is 0.0540. The Labute approximate surface area is 96.2 Å². The van der Waals surface area contributed by atoms with Crippen molar-refractivity contribution in [2.45, 2.75) is 20.4 Å².